The molecular formula is C18H22O4. The van der Waals surface area contributed by atoms with E-state index < -0.39 is 0 Å². The summed E-state index contributed by atoms with van der Waals surface area (Å²) in [6.07, 6.45) is 3.80. The molecule has 1 aromatic rings. The quantitative estimate of drug-likeness (QED) is 0.805. The summed E-state index contributed by atoms with van der Waals surface area (Å²) in [4.78, 5) is 11.9. The van der Waals surface area contributed by atoms with E-state index in [1.807, 2.05) is 13.0 Å². The maximum absolute atomic E-state index is 11.9. The Morgan fingerprint density at radius 2 is 2.23 bits per heavy atom. The summed E-state index contributed by atoms with van der Waals surface area (Å²) in [5.41, 5.74) is 1.21. The number of rotatable bonds is 3. The van der Waals surface area contributed by atoms with Crippen LogP contribution in [0.3, 0.4) is 0 Å². The molecular weight excluding hydrogens is 280 g/mol. The minimum absolute atomic E-state index is 0.0448. The molecule has 22 heavy (non-hydrogen) atoms. The number of benzene rings is 1. The molecule has 3 aliphatic rings. The zero-order valence-electron chi connectivity index (χ0n) is 12.9. The van der Waals surface area contributed by atoms with Gasteiger partial charge in [0, 0.05) is 11.5 Å². The molecule has 118 valence electrons. The molecule has 1 saturated heterocycles. The maximum Gasteiger partial charge on any atom is 0.308 e. The Balaban J connectivity index is 1.65. The highest BCUT2D eigenvalue weighted by atomic mass is 16.5. The molecule has 0 aromatic heterocycles. The fourth-order valence-corrected chi connectivity index (χ4v) is 4.66. The van der Waals surface area contributed by atoms with Crippen molar-refractivity contribution in [2.45, 2.75) is 50.2 Å². The molecule has 4 nitrogen and oxygen atoms in total. The molecule has 0 amide bonds. The topological polar surface area (TPSA) is 44.8 Å². The van der Waals surface area contributed by atoms with Gasteiger partial charge in [-0.15, -0.1) is 0 Å². The van der Waals surface area contributed by atoms with E-state index in [0.717, 1.165) is 25.0 Å². The summed E-state index contributed by atoms with van der Waals surface area (Å²) in [7, 11) is 0. The Hall–Kier alpha value is -1.55. The molecule has 2 fully saturated rings. The Labute approximate surface area is 130 Å². The van der Waals surface area contributed by atoms with Crippen LogP contribution in [0.15, 0.2) is 24.3 Å². The van der Waals surface area contributed by atoms with Crippen molar-refractivity contribution in [3.8, 4) is 5.75 Å². The minimum atomic E-state index is -0.154. The van der Waals surface area contributed by atoms with Gasteiger partial charge in [0.15, 0.2) is 0 Å². The van der Waals surface area contributed by atoms with Crippen LogP contribution in [0, 0.1) is 5.92 Å². The first kappa shape index (κ1) is 14.1. The molecule has 0 bridgehead atoms. The van der Waals surface area contributed by atoms with Crippen molar-refractivity contribution >= 4 is 5.97 Å². The normalized spacial score (nSPS) is 35.2. The standard InChI is InChI=1S/C18H22O4/c1-2-20-17(19)10-15-13-7-5-9-16-18(13,11-21-15)12-6-3-4-8-14(12)22-16/h3-4,6,8,13,15-16H,2,5,7,9-11H2,1H3/t13-,15-,16+,18-/m1/s1. The average Bonchev–Trinajstić information content (AvgIpc) is 3.05. The predicted molar refractivity (Wildman–Crippen MR) is 80.9 cm³/mol. The number of ether oxygens (including phenoxy) is 3. The van der Waals surface area contributed by atoms with Crippen molar-refractivity contribution in [2.24, 2.45) is 5.92 Å². The first-order chi connectivity index (χ1) is 10.8. The lowest BCUT2D eigenvalue weighted by atomic mass is 9.62. The van der Waals surface area contributed by atoms with E-state index in [-0.39, 0.29) is 23.6 Å². The van der Waals surface area contributed by atoms with E-state index in [1.54, 1.807) is 0 Å². The smallest absolute Gasteiger partial charge is 0.308 e. The van der Waals surface area contributed by atoms with Crippen LogP contribution in [0.5, 0.6) is 5.75 Å². The van der Waals surface area contributed by atoms with Gasteiger partial charge in [-0.3, -0.25) is 4.79 Å². The van der Waals surface area contributed by atoms with Gasteiger partial charge in [-0.2, -0.15) is 0 Å². The van der Waals surface area contributed by atoms with Gasteiger partial charge in [-0.05, 0) is 32.3 Å². The maximum atomic E-state index is 11.9. The van der Waals surface area contributed by atoms with Crippen molar-refractivity contribution in [3.05, 3.63) is 29.8 Å². The monoisotopic (exact) mass is 302 g/mol. The van der Waals surface area contributed by atoms with Gasteiger partial charge in [-0.1, -0.05) is 18.2 Å². The molecule has 0 N–H and O–H groups in total. The van der Waals surface area contributed by atoms with Crippen LogP contribution < -0.4 is 4.74 Å². The Morgan fingerprint density at radius 1 is 1.36 bits per heavy atom. The van der Waals surface area contributed by atoms with Gasteiger partial charge in [0.1, 0.15) is 11.9 Å². The van der Waals surface area contributed by atoms with Crippen LogP contribution in [0.2, 0.25) is 0 Å². The fourth-order valence-electron chi connectivity index (χ4n) is 4.66. The molecule has 1 spiro atoms. The second-order valence-electron chi connectivity index (χ2n) is 6.54. The van der Waals surface area contributed by atoms with Crippen molar-refractivity contribution < 1.29 is 19.0 Å². The van der Waals surface area contributed by atoms with Gasteiger partial charge in [-0.25, -0.2) is 0 Å². The number of hydrogen-bond donors (Lipinski definition) is 0. The Kier molecular flexibility index (Phi) is 3.37. The van der Waals surface area contributed by atoms with Crippen LogP contribution in [0.1, 0.15) is 38.2 Å². The highest BCUT2D eigenvalue weighted by Crippen LogP contribution is 2.57. The Morgan fingerprint density at radius 3 is 3.09 bits per heavy atom. The SMILES string of the molecule is CCOC(=O)C[C@H]1OC[C@]23c4ccccc4O[C@H]2CCC[C@H]13. The largest absolute Gasteiger partial charge is 0.489 e. The number of carbonyl (C=O) groups is 1. The number of esters is 1. The zero-order chi connectivity index (χ0) is 15.2. The Bertz CT molecular complexity index is 584. The van der Waals surface area contributed by atoms with E-state index in [4.69, 9.17) is 14.2 Å². The first-order valence-corrected chi connectivity index (χ1v) is 8.29. The first-order valence-electron chi connectivity index (χ1n) is 8.29. The molecule has 0 radical (unpaired) electrons. The minimum Gasteiger partial charge on any atom is -0.489 e. The van der Waals surface area contributed by atoms with Crippen LogP contribution >= 0.6 is 0 Å². The fraction of sp³-hybridized carbons (Fsp3) is 0.611. The molecule has 1 saturated carbocycles. The van der Waals surface area contributed by atoms with Crippen LogP contribution in [0.4, 0.5) is 0 Å². The molecule has 4 heteroatoms. The zero-order valence-corrected chi connectivity index (χ0v) is 12.9. The van der Waals surface area contributed by atoms with E-state index in [1.165, 1.54) is 5.56 Å². The van der Waals surface area contributed by atoms with E-state index in [2.05, 4.69) is 18.2 Å². The van der Waals surface area contributed by atoms with E-state index >= 15 is 0 Å². The summed E-state index contributed by atoms with van der Waals surface area (Å²) in [5.74, 6) is 1.19. The summed E-state index contributed by atoms with van der Waals surface area (Å²) in [6.45, 7) is 2.92. The van der Waals surface area contributed by atoms with Crippen molar-refractivity contribution in [2.75, 3.05) is 13.2 Å². The molecule has 4 rings (SSSR count). The third kappa shape index (κ3) is 1.89. The lowest BCUT2D eigenvalue weighted by Crippen LogP contribution is -2.48. The summed E-state index contributed by atoms with van der Waals surface area (Å²) in [5, 5.41) is 0. The van der Waals surface area contributed by atoms with Gasteiger partial charge < -0.3 is 14.2 Å². The van der Waals surface area contributed by atoms with E-state index in [0.29, 0.717) is 25.6 Å². The average molecular weight is 302 g/mol. The molecule has 2 heterocycles. The third-order valence-corrected chi connectivity index (χ3v) is 5.53. The number of fused-ring (bicyclic) bond motifs is 1. The summed E-state index contributed by atoms with van der Waals surface area (Å²) < 4.78 is 17.4. The van der Waals surface area contributed by atoms with Crippen LogP contribution in [-0.4, -0.2) is 31.4 Å². The van der Waals surface area contributed by atoms with Crippen LogP contribution in [-0.2, 0) is 19.7 Å². The summed E-state index contributed by atoms with van der Waals surface area (Å²) in [6, 6.07) is 8.32. The van der Waals surface area contributed by atoms with Gasteiger partial charge in [0.25, 0.3) is 0 Å². The highest BCUT2D eigenvalue weighted by molar-refractivity contribution is 5.70. The molecule has 4 atom stereocenters. The van der Waals surface area contributed by atoms with Crippen molar-refractivity contribution in [1.82, 2.24) is 0 Å². The molecule has 2 aliphatic heterocycles. The van der Waals surface area contributed by atoms with Crippen molar-refractivity contribution in [1.29, 1.82) is 0 Å². The molecule has 0 unspecified atom stereocenters. The predicted octanol–water partition coefficient (Wildman–Crippen LogP) is 2.84. The van der Waals surface area contributed by atoms with Gasteiger partial charge in [0.05, 0.1) is 31.2 Å². The number of carbonyl (C=O) groups excluding carboxylic acids is 1. The second-order valence-corrected chi connectivity index (χ2v) is 6.54. The molecule has 1 aliphatic carbocycles. The lowest BCUT2D eigenvalue weighted by molar-refractivity contribution is -0.146. The van der Waals surface area contributed by atoms with Gasteiger partial charge in [0.2, 0.25) is 0 Å². The molecule has 1 aromatic carbocycles. The van der Waals surface area contributed by atoms with Crippen LogP contribution in [0.25, 0.3) is 0 Å². The second kappa shape index (κ2) is 5.27. The van der Waals surface area contributed by atoms with E-state index in [9.17, 15) is 4.79 Å². The lowest BCUT2D eigenvalue weighted by Gasteiger charge is -2.40. The van der Waals surface area contributed by atoms with Gasteiger partial charge >= 0.3 is 5.97 Å². The van der Waals surface area contributed by atoms with Crippen molar-refractivity contribution in [3.63, 3.8) is 0 Å². The summed E-state index contributed by atoms with van der Waals surface area (Å²) >= 11 is 0. The number of para-hydroxylation sites is 1. The highest BCUT2D eigenvalue weighted by Gasteiger charge is 2.61. The number of hydrogen-bond acceptors (Lipinski definition) is 4. The third-order valence-electron chi connectivity index (χ3n) is 5.53.